The van der Waals surface area contributed by atoms with Crippen molar-refractivity contribution in [3.63, 3.8) is 0 Å². The van der Waals surface area contributed by atoms with Gasteiger partial charge in [0.05, 0.1) is 26.3 Å². The van der Waals surface area contributed by atoms with E-state index in [0.29, 0.717) is 34.7 Å². The van der Waals surface area contributed by atoms with Gasteiger partial charge in [-0.15, -0.1) is 0 Å². The van der Waals surface area contributed by atoms with Gasteiger partial charge >= 0.3 is 11.9 Å². The Morgan fingerprint density at radius 3 is 2.69 bits per heavy atom. The van der Waals surface area contributed by atoms with Crippen molar-refractivity contribution >= 4 is 28.8 Å². The molecule has 0 spiro atoms. The highest BCUT2D eigenvalue weighted by Gasteiger charge is 2.42. The second kappa shape index (κ2) is 9.80. The van der Waals surface area contributed by atoms with Crippen molar-refractivity contribution in [3.8, 4) is 5.75 Å². The smallest absolute Gasteiger partial charge is 0.381 e. The predicted molar refractivity (Wildman–Crippen MR) is 118 cm³/mol. The average molecular weight is 447 g/mol. The molecule has 1 aromatic carbocycles. The number of hydrogen-bond acceptors (Lipinski definition) is 7. The maximum absolute atomic E-state index is 14.4. The van der Waals surface area contributed by atoms with Gasteiger partial charge < -0.3 is 25.1 Å². The van der Waals surface area contributed by atoms with Crippen molar-refractivity contribution in [1.82, 2.24) is 14.5 Å². The molecule has 172 valence electrons. The standard InChI is InChI=1S/C22H27F2N5O3/c1-4-5-6-10-26-19-18-16(27-21(25)28-19)9-11-29(18)13-14-12-15(7-8-17(14)31-2)22(23,24)20(30)32-3/h7-9,11-12H,4-6,10,13H2,1-3H3,(H3,25,26,27,28). The molecule has 0 aliphatic carbocycles. The first-order valence-corrected chi connectivity index (χ1v) is 10.3. The summed E-state index contributed by atoms with van der Waals surface area (Å²) in [5.74, 6) is -4.28. The number of nitrogens with one attached hydrogen (secondary N) is 1. The molecule has 32 heavy (non-hydrogen) atoms. The SMILES string of the molecule is CCCCCNc1nc(N)nc2ccn(Cc3cc(C(F)(F)C(=O)OC)ccc3OC)c12. The third-order valence-electron chi connectivity index (χ3n) is 5.13. The van der Waals surface area contributed by atoms with Gasteiger partial charge in [0.1, 0.15) is 11.3 Å². The third-order valence-corrected chi connectivity index (χ3v) is 5.13. The van der Waals surface area contributed by atoms with Crippen molar-refractivity contribution in [1.29, 1.82) is 0 Å². The first-order chi connectivity index (χ1) is 15.3. The van der Waals surface area contributed by atoms with Crippen LogP contribution in [0.15, 0.2) is 30.5 Å². The minimum atomic E-state index is -3.78. The number of carbonyl (C=O) groups excluding carboxylic acids is 1. The summed E-state index contributed by atoms with van der Waals surface area (Å²) < 4.78 is 40.3. The molecule has 3 aromatic rings. The molecule has 0 saturated heterocycles. The number of anilines is 2. The number of aromatic nitrogens is 3. The summed E-state index contributed by atoms with van der Waals surface area (Å²) in [6.45, 7) is 3.03. The molecule has 0 radical (unpaired) electrons. The number of fused-ring (bicyclic) bond motifs is 1. The van der Waals surface area contributed by atoms with Gasteiger partial charge in [0.25, 0.3) is 0 Å². The molecule has 3 N–H and O–H groups in total. The number of nitrogen functional groups attached to an aromatic ring is 1. The van der Waals surface area contributed by atoms with Crippen LogP contribution in [0.3, 0.4) is 0 Å². The molecule has 10 heteroatoms. The Kier molecular flexibility index (Phi) is 7.12. The van der Waals surface area contributed by atoms with Crippen molar-refractivity contribution < 1.29 is 23.0 Å². The zero-order valence-electron chi connectivity index (χ0n) is 18.3. The summed E-state index contributed by atoms with van der Waals surface area (Å²) in [5, 5.41) is 3.30. The van der Waals surface area contributed by atoms with Crippen molar-refractivity contribution in [2.45, 2.75) is 38.7 Å². The largest absolute Gasteiger partial charge is 0.496 e. The molecule has 0 aliphatic rings. The number of rotatable bonds is 10. The van der Waals surface area contributed by atoms with Crippen LogP contribution in [0.4, 0.5) is 20.5 Å². The molecular formula is C22H27F2N5O3. The number of hydrogen-bond donors (Lipinski definition) is 2. The van der Waals surface area contributed by atoms with Gasteiger partial charge in [-0.05, 0) is 30.7 Å². The number of methoxy groups -OCH3 is 2. The zero-order valence-corrected chi connectivity index (χ0v) is 18.3. The lowest BCUT2D eigenvalue weighted by Gasteiger charge is -2.18. The van der Waals surface area contributed by atoms with Crippen molar-refractivity contribution in [2.75, 3.05) is 31.8 Å². The molecular weight excluding hydrogens is 420 g/mol. The molecule has 0 unspecified atom stereocenters. The van der Waals surface area contributed by atoms with E-state index in [1.54, 1.807) is 12.3 Å². The van der Waals surface area contributed by atoms with Gasteiger partial charge in [-0.3, -0.25) is 0 Å². The highest BCUT2D eigenvalue weighted by Crippen LogP contribution is 2.34. The van der Waals surface area contributed by atoms with Gasteiger partial charge in [0, 0.05) is 23.9 Å². The molecule has 0 aliphatic heterocycles. The van der Waals surface area contributed by atoms with Crippen LogP contribution >= 0.6 is 0 Å². The highest BCUT2D eigenvalue weighted by molar-refractivity contribution is 5.87. The summed E-state index contributed by atoms with van der Waals surface area (Å²) in [5.41, 5.74) is 7.16. The van der Waals surface area contributed by atoms with Gasteiger partial charge in [0.2, 0.25) is 5.95 Å². The molecule has 0 atom stereocenters. The summed E-state index contributed by atoms with van der Waals surface area (Å²) in [6, 6.07) is 5.58. The monoisotopic (exact) mass is 447 g/mol. The van der Waals surface area contributed by atoms with E-state index in [4.69, 9.17) is 10.5 Å². The predicted octanol–water partition coefficient (Wildman–Crippen LogP) is 3.94. The zero-order chi connectivity index (χ0) is 23.3. The van der Waals surface area contributed by atoms with Crippen LogP contribution in [0.25, 0.3) is 11.0 Å². The molecule has 2 aromatic heterocycles. The Morgan fingerprint density at radius 1 is 1.22 bits per heavy atom. The van der Waals surface area contributed by atoms with E-state index in [1.807, 2.05) is 4.57 Å². The molecule has 0 saturated carbocycles. The van der Waals surface area contributed by atoms with E-state index in [0.717, 1.165) is 32.4 Å². The second-order valence-corrected chi connectivity index (χ2v) is 7.33. The van der Waals surface area contributed by atoms with E-state index in [9.17, 15) is 13.6 Å². The van der Waals surface area contributed by atoms with E-state index in [2.05, 4.69) is 26.9 Å². The lowest BCUT2D eigenvalue weighted by molar-refractivity contribution is -0.170. The second-order valence-electron chi connectivity index (χ2n) is 7.33. The molecule has 2 heterocycles. The van der Waals surface area contributed by atoms with E-state index in [1.165, 1.54) is 19.2 Å². The van der Waals surface area contributed by atoms with Crippen LogP contribution in [-0.2, 0) is 22.0 Å². The number of alkyl halides is 2. The summed E-state index contributed by atoms with van der Waals surface area (Å²) >= 11 is 0. The number of unbranched alkanes of at least 4 members (excludes halogenated alkanes) is 2. The number of carbonyl (C=O) groups is 1. The quantitative estimate of drug-likeness (QED) is 0.358. The van der Waals surface area contributed by atoms with Gasteiger partial charge in [-0.25, -0.2) is 9.78 Å². The van der Waals surface area contributed by atoms with Crippen molar-refractivity contribution in [3.05, 3.63) is 41.6 Å². The van der Waals surface area contributed by atoms with E-state index in [-0.39, 0.29) is 12.5 Å². The molecule has 0 bridgehead atoms. The number of ether oxygens (including phenoxy) is 2. The number of halogens is 2. The molecule has 0 fully saturated rings. The first-order valence-electron chi connectivity index (χ1n) is 10.3. The lowest BCUT2D eigenvalue weighted by atomic mass is 10.0. The van der Waals surface area contributed by atoms with Crippen LogP contribution in [0.1, 0.15) is 37.3 Å². The van der Waals surface area contributed by atoms with Crippen LogP contribution in [-0.4, -0.2) is 41.3 Å². The van der Waals surface area contributed by atoms with Crippen LogP contribution in [0, 0.1) is 0 Å². The van der Waals surface area contributed by atoms with Crippen LogP contribution in [0.2, 0.25) is 0 Å². The van der Waals surface area contributed by atoms with Crippen LogP contribution in [0.5, 0.6) is 5.75 Å². The fraction of sp³-hybridized carbons (Fsp3) is 0.409. The minimum absolute atomic E-state index is 0.144. The highest BCUT2D eigenvalue weighted by atomic mass is 19.3. The molecule has 0 amide bonds. The fourth-order valence-electron chi connectivity index (χ4n) is 3.49. The number of nitrogens with zero attached hydrogens (tertiary/aromatic N) is 3. The van der Waals surface area contributed by atoms with E-state index >= 15 is 0 Å². The fourth-order valence-corrected chi connectivity index (χ4v) is 3.49. The summed E-state index contributed by atoms with van der Waals surface area (Å²) in [4.78, 5) is 20.2. The Labute approximate surface area is 184 Å². The maximum atomic E-state index is 14.4. The van der Waals surface area contributed by atoms with Gasteiger partial charge in [-0.2, -0.15) is 13.8 Å². The third kappa shape index (κ3) is 4.74. The minimum Gasteiger partial charge on any atom is -0.496 e. The summed E-state index contributed by atoms with van der Waals surface area (Å²) in [6.07, 6.45) is 4.92. The van der Waals surface area contributed by atoms with Crippen LogP contribution < -0.4 is 15.8 Å². The number of benzene rings is 1. The Hall–Kier alpha value is -3.43. The molecule has 3 rings (SSSR count). The molecule has 8 nitrogen and oxygen atoms in total. The Morgan fingerprint density at radius 2 is 2.00 bits per heavy atom. The van der Waals surface area contributed by atoms with E-state index < -0.39 is 17.5 Å². The first kappa shape index (κ1) is 23.2. The maximum Gasteiger partial charge on any atom is 0.381 e. The van der Waals surface area contributed by atoms with Gasteiger partial charge in [-0.1, -0.05) is 19.8 Å². The van der Waals surface area contributed by atoms with Gasteiger partial charge in [0.15, 0.2) is 5.82 Å². The topological polar surface area (TPSA) is 104 Å². The Balaban J connectivity index is 2.00. The number of nitrogens with two attached hydrogens (primary N) is 1. The van der Waals surface area contributed by atoms with Crippen molar-refractivity contribution in [2.24, 2.45) is 0 Å². The summed E-state index contributed by atoms with van der Waals surface area (Å²) in [7, 11) is 2.38. The Bertz CT molecular complexity index is 1100. The number of esters is 1. The lowest BCUT2D eigenvalue weighted by Crippen LogP contribution is -2.27. The normalized spacial score (nSPS) is 11.5. The average Bonchev–Trinajstić information content (AvgIpc) is 3.18.